The number of hydrogen-bond acceptors (Lipinski definition) is 5. The van der Waals surface area contributed by atoms with Crippen LogP contribution in [-0.2, 0) is 0 Å². The number of hydrogen-bond donors (Lipinski definition) is 3. The Hall–Kier alpha value is -1.75. The molecule has 0 aliphatic heterocycles. The van der Waals surface area contributed by atoms with Crippen LogP contribution in [0.15, 0.2) is 22.6 Å². The summed E-state index contributed by atoms with van der Waals surface area (Å²) >= 11 is 0. The second-order valence-electron chi connectivity index (χ2n) is 6.01. The van der Waals surface area contributed by atoms with Crippen molar-refractivity contribution in [3.05, 3.63) is 18.2 Å². The second kappa shape index (κ2) is 4.98. The molecular weight excluding hydrogens is 254 g/mol. The number of fused-ring (bicyclic) bond motifs is 1. The molecule has 2 unspecified atom stereocenters. The third kappa shape index (κ3) is 2.45. The number of benzene rings is 1. The third-order valence-electron chi connectivity index (χ3n) is 4.18. The van der Waals surface area contributed by atoms with Gasteiger partial charge in [0.2, 0.25) is 0 Å². The van der Waals surface area contributed by atoms with Crippen molar-refractivity contribution in [1.29, 1.82) is 0 Å². The summed E-state index contributed by atoms with van der Waals surface area (Å²) in [6, 6.07) is 5.87. The average Bonchev–Trinajstić information content (AvgIpc) is 2.79. The Kier molecular flexibility index (Phi) is 3.30. The van der Waals surface area contributed by atoms with Crippen LogP contribution in [0, 0.1) is 5.92 Å². The van der Waals surface area contributed by atoms with E-state index in [2.05, 4.69) is 17.2 Å². The Bertz CT molecular complexity index is 610. The highest BCUT2D eigenvalue weighted by Gasteiger charge is 2.35. The smallest absolute Gasteiger partial charge is 0.296 e. The van der Waals surface area contributed by atoms with Crippen LogP contribution in [0.25, 0.3) is 11.1 Å². The van der Waals surface area contributed by atoms with Crippen LogP contribution >= 0.6 is 0 Å². The average molecular weight is 275 g/mol. The summed E-state index contributed by atoms with van der Waals surface area (Å²) in [7, 11) is 0. The van der Waals surface area contributed by atoms with Gasteiger partial charge in [-0.2, -0.15) is 4.98 Å². The molecule has 108 valence electrons. The molecular formula is C15H21N3O2. The summed E-state index contributed by atoms with van der Waals surface area (Å²) in [5.74, 6) is 0.600. The van der Waals surface area contributed by atoms with E-state index >= 15 is 0 Å². The minimum atomic E-state index is -0.315. The minimum Gasteiger partial charge on any atom is -0.424 e. The van der Waals surface area contributed by atoms with Crippen molar-refractivity contribution in [3.63, 3.8) is 0 Å². The van der Waals surface area contributed by atoms with Gasteiger partial charge in [-0.25, -0.2) is 0 Å². The van der Waals surface area contributed by atoms with E-state index in [1.165, 1.54) is 6.42 Å². The number of nitrogens with zero attached hydrogens (tertiary/aromatic N) is 1. The predicted octanol–water partition coefficient (Wildman–Crippen LogP) is 2.76. The van der Waals surface area contributed by atoms with Crippen LogP contribution in [0.4, 0.5) is 11.7 Å². The Labute approximate surface area is 118 Å². The topological polar surface area (TPSA) is 84.3 Å². The highest BCUT2D eigenvalue weighted by Crippen LogP contribution is 2.35. The number of aliphatic hydroxyl groups excluding tert-OH is 1. The number of nitrogens with one attached hydrogen (secondary N) is 1. The number of aromatic nitrogens is 1. The maximum absolute atomic E-state index is 9.79. The molecule has 1 aliphatic rings. The summed E-state index contributed by atoms with van der Waals surface area (Å²) in [4.78, 5) is 4.42. The lowest BCUT2D eigenvalue weighted by Gasteiger charge is -2.38. The molecule has 5 nitrogen and oxygen atoms in total. The first-order valence-corrected chi connectivity index (χ1v) is 7.15. The van der Waals surface area contributed by atoms with Crippen LogP contribution in [0.1, 0.15) is 32.6 Å². The normalized spacial score (nSPS) is 26.8. The summed E-state index contributed by atoms with van der Waals surface area (Å²) in [6.45, 7) is 2.32. The fourth-order valence-corrected chi connectivity index (χ4v) is 3.18. The largest absolute Gasteiger partial charge is 0.424 e. The molecule has 1 aromatic carbocycles. The number of oxazole rings is 1. The molecule has 2 aromatic rings. The summed E-state index contributed by atoms with van der Waals surface area (Å²) in [5, 5.41) is 13.1. The van der Waals surface area contributed by atoms with E-state index in [-0.39, 0.29) is 12.1 Å². The van der Waals surface area contributed by atoms with E-state index in [4.69, 9.17) is 10.2 Å². The fourth-order valence-electron chi connectivity index (χ4n) is 3.18. The highest BCUT2D eigenvalue weighted by atomic mass is 16.4. The first-order valence-electron chi connectivity index (χ1n) is 7.15. The SMILES string of the molecule is CC1CCCC(CO)(Nc2nc3cc(N)ccc3o2)C1. The van der Waals surface area contributed by atoms with E-state index in [0.717, 1.165) is 24.8 Å². The van der Waals surface area contributed by atoms with Crippen LogP contribution in [0.2, 0.25) is 0 Å². The molecule has 1 aromatic heterocycles. The number of nitrogen functional groups attached to an aromatic ring is 1. The van der Waals surface area contributed by atoms with E-state index < -0.39 is 0 Å². The van der Waals surface area contributed by atoms with Gasteiger partial charge in [-0.3, -0.25) is 0 Å². The van der Waals surface area contributed by atoms with E-state index in [1.807, 2.05) is 6.07 Å². The van der Waals surface area contributed by atoms with Gasteiger partial charge in [-0.1, -0.05) is 19.8 Å². The molecule has 0 bridgehead atoms. The summed E-state index contributed by atoms with van der Waals surface area (Å²) in [6.07, 6.45) is 4.20. The number of rotatable bonds is 3. The van der Waals surface area contributed by atoms with Crippen LogP contribution in [0.5, 0.6) is 0 Å². The standard InChI is InChI=1S/C15H21N3O2/c1-10-3-2-6-15(8-10,9-19)18-14-17-12-7-11(16)4-5-13(12)20-14/h4-5,7,10,19H,2-3,6,8-9,16H2,1H3,(H,17,18). The predicted molar refractivity (Wildman–Crippen MR) is 79.5 cm³/mol. The van der Waals surface area contributed by atoms with Crippen LogP contribution < -0.4 is 11.1 Å². The van der Waals surface area contributed by atoms with Gasteiger partial charge in [-0.15, -0.1) is 0 Å². The molecule has 1 fully saturated rings. The second-order valence-corrected chi connectivity index (χ2v) is 6.01. The lowest BCUT2D eigenvalue weighted by atomic mass is 9.77. The molecule has 4 N–H and O–H groups in total. The Morgan fingerprint density at radius 2 is 2.40 bits per heavy atom. The molecule has 0 saturated heterocycles. The van der Waals surface area contributed by atoms with Gasteiger partial charge >= 0.3 is 0 Å². The first kappa shape index (κ1) is 13.2. The number of nitrogens with two attached hydrogens (primary N) is 1. The van der Waals surface area contributed by atoms with Gasteiger partial charge in [0, 0.05) is 5.69 Å². The fraction of sp³-hybridized carbons (Fsp3) is 0.533. The molecule has 3 rings (SSSR count). The molecule has 0 radical (unpaired) electrons. The van der Waals surface area contributed by atoms with E-state index in [9.17, 15) is 5.11 Å². The van der Waals surface area contributed by atoms with Crippen molar-refractivity contribution in [1.82, 2.24) is 4.98 Å². The minimum absolute atomic E-state index is 0.0954. The number of aliphatic hydroxyl groups is 1. The Morgan fingerprint density at radius 3 is 3.15 bits per heavy atom. The Balaban J connectivity index is 1.87. The van der Waals surface area contributed by atoms with Crippen molar-refractivity contribution in [2.45, 2.75) is 38.1 Å². The van der Waals surface area contributed by atoms with Crippen molar-refractivity contribution in [2.75, 3.05) is 17.7 Å². The lowest BCUT2D eigenvalue weighted by molar-refractivity contribution is 0.147. The van der Waals surface area contributed by atoms with Gasteiger partial charge in [0.15, 0.2) is 5.58 Å². The molecule has 1 aliphatic carbocycles. The molecule has 20 heavy (non-hydrogen) atoms. The molecule has 5 heteroatoms. The van der Waals surface area contributed by atoms with Crippen molar-refractivity contribution in [2.24, 2.45) is 5.92 Å². The quantitative estimate of drug-likeness (QED) is 0.750. The molecule has 1 saturated carbocycles. The maximum atomic E-state index is 9.79. The Morgan fingerprint density at radius 1 is 1.55 bits per heavy atom. The van der Waals surface area contributed by atoms with E-state index in [0.29, 0.717) is 23.2 Å². The zero-order valence-corrected chi connectivity index (χ0v) is 11.7. The van der Waals surface area contributed by atoms with Gasteiger partial charge in [0.25, 0.3) is 6.01 Å². The monoisotopic (exact) mass is 275 g/mol. The number of anilines is 2. The zero-order chi connectivity index (χ0) is 14.2. The van der Waals surface area contributed by atoms with Crippen molar-refractivity contribution >= 4 is 22.8 Å². The van der Waals surface area contributed by atoms with Gasteiger partial charge in [0.1, 0.15) is 5.52 Å². The molecule has 0 amide bonds. The summed E-state index contributed by atoms with van der Waals surface area (Å²) in [5.41, 5.74) is 7.54. The van der Waals surface area contributed by atoms with Crippen LogP contribution in [0.3, 0.4) is 0 Å². The van der Waals surface area contributed by atoms with Gasteiger partial charge in [0.05, 0.1) is 12.1 Å². The maximum Gasteiger partial charge on any atom is 0.296 e. The van der Waals surface area contributed by atoms with Crippen molar-refractivity contribution in [3.8, 4) is 0 Å². The lowest BCUT2D eigenvalue weighted by Crippen LogP contribution is -2.45. The van der Waals surface area contributed by atoms with Crippen molar-refractivity contribution < 1.29 is 9.52 Å². The summed E-state index contributed by atoms with van der Waals surface area (Å²) < 4.78 is 5.70. The molecule has 1 heterocycles. The van der Waals surface area contributed by atoms with Gasteiger partial charge < -0.3 is 20.6 Å². The zero-order valence-electron chi connectivity index (χ0n) is 11.7. The van der Waals surface area contributed by atoms with Crippen LogP contribution in [-0.4, -0.2) is 22.2 Å². The molecule has 2 atom stereocenters. The van der Waals surface area contributed by atoms with E-state index in [1.54, 1.807) is 12.1 Å². The first-order chi connectivity index (χ1) is 9.60. The molecule has 0 spiro atoms. The highest BCUT2D eigenvalue weighted by molar-refractivity contribution is 5.78. The van der Waals surface area contributed by atoms with Gasteiger partial charge in [-0.05, 0) is 37.0 Å². The third-order valence-corrected chi connectivity index (χ3v) is 4.18.